The number of carbonyl (C=O) groups excluding carboxylic acids is 2. The standard InChI is InChI=1S/C18H19FN2O3S/c1-24-15-8-7-12(11-13(15)19)20-17(22)14-5-2-3-9-21(14)18(23)16-6-4-10-25-16/h4,6-8,10-11,14H,2-3,5,9H2,1H3,(H,20,22). The van der Waals surface area contributed by atoms with Crippen molar-refractivity contribution >= 4 is 28.8 Å². The summed E-state index contributed by atoms with van der Waals surface area (Å²) in [5.74, 6) is -0.856. The Kier molecular flexibility index (Phi) is 5.33. The molecule has 0 saturated carbocycles. The van der Waals surface area contributed by atoms with Crippen molar-refractivity contribution < 1.29 is 18.7 Å². The Morgan fingerprint density at radius 3 is 2.84 bits per heavy atom. The predicted octanol–water partition coefficient (Wildman–Crippen LogP) is 3.53. The zero-order valence-corrected chi connectivity index (χ0v) is 14.6. The number of methoxy groups -OCH3 is 1. The molecule has 2 aromatic rings. The highest BCUT2D eigenvalue weighted by Gasteiger charge is 2.33. The summed E-state index contributed by atoms with van der Waals surface area (Å²) in [6, 6.07) is 7.28. The third-order valence-electron chi connectivity index (χ3n) is 4.22. The van der Waals surface area contributed by atoms with Crippen molar-refractivity contribution in [3.8, 4) is 5.75 Å². The van der Waals surface area contributed by atoms with Crippen molar-refractivity contribution in [3.05, 3.63) is 46.4 Å². The van der Waals surface area contributed by atoms with Gasteiger partial charge in [0, 0.05) is 18.3 Å². The molecule has 2 amide bonds. The van der Waals surface area contributed by atoms with Crippen LogP contribution in [-0.2, 0) is 4.79 Å². The first-order chi connectivity index (χ1) is 12.1. The van der Waals surface area contributed by atoms with Gasteiger partial charge in [0.2, 0.25) is 5.91 Å². The van der Waals surface area contributed by atoms with Gasteiger partial charge in [-0.05, 0) is 42.8 Å². The molecule has 2 heterocycles. The highest BCUT2D eigenvalue weighted by molar-refractivity contribution is 7.12. The molecule has 1 saturated heterocycles. The van der Waals surface area contributed by atoms with Crippen LogP contribution < -0.4 is 10.1 Å². The molecule has 0 aliphatic carbocycles. The lowest BCUT2D eigenvalue weighted by atomic mass is 10.0. The average Bonchev–Trinajstić information content (AvgIpc) is 3.16. The van der Waals surface area contributed by atoms with Crippen LogP contribution in [0.3, 0.4) is 0 Å². The topological polar surface area (TPSA) is 58.6 Å². The van der Waals surface area contributed by atoms with Gasteiger partial charge in [0.25, 0.3) is 5.91 Å². The molecule has 1 aromatic carbocycles. The largest absolute Gasteiger partial charge is 0.494 e. The summed E-state index contributed by atoms with van der Waals surface area (Å²) >= 11 is 1.36. The lowest BCUT2D eigenvalue weighted by molar-refractivity contribution is -0.121. The van der Waals surface area contributed by atoms with Crippen molar-refractivity contribution in [2.24, 2.45) is 0 Å². The van der Waals surface area contributed by atoms with E-state index in [0.29, 0.717) is 23.5 Å². The van der Waals surface area contributed by atoms with E-state index in [1.54, 1.807) is 17.0 Å². The van der Waals surface area contributed by atoms with Crippen LogP contribution >= 0.6 is 11.3 Å². The number of hydrogen-bond donors (Lipinski definition) is 1. The monoisotopic (exact) mass is 362 g/mol. The number of halogens is 1. The minimum absolute atomic E-state index is 0.116. The van der Waals surface area contributed by atoms with E-state index < -0.39 is 11.9 Å². The lowest BCUT2D eigenvalue weighted by Gasteiger charge is -2.34. The van der Waals surface area contributed by atoms with Gasteiger partial charge in [-0.15, -0.1) is 11.3 Å². The Morgan fingerprint density at radius 2 is 2.16 bits per heavy atom. The zero-order valence-electron chi connectivity index (χ0n) is 13.8. The number of ether oxygens (including phenoxy) is 1. The molecule has 0 spiro atoms. The minimum atomic E-state index is -0.548. The molecule has 132 valence electrons. The lowest BCUT2D eigenvalue weighted by Crippen LogP contribution is -2.49. The van der Waals surface area contributed by atoms with Crippen LogP contribution in [0.2, 0.25) is 0 Å². The van der Waals surface area contributed by atoms with Crippen LogP contribution in [0, 0.1) is 5.82 Å². The Balaban J connectivity index is 1.74. The summed E-state index contributed by atoms with van der Waals surface area (Å²) in [4.78, 5) is 27.5. The van der Waals surface area contributed by atoms with Crippen LogP contribution in [0.5, 0.6) is 5.75 Å². The molecule has 7 heteroatoms. The molecule has 0 bridgehead atoms. The fourth-order valence-electron chi connectivity index (χ4n) is 2.96. The van der Waals surface area contributed by atoms with Gasteiger partial charge in [-0.25, -0.2) is 4.39 Å². The summed E-state index contributed by atoms with van der Waals surface area (Å²) in [5.41, 5.74) is 0.345. The van der Waals surface area contributed by atoms with Gasteiger partial charge in [0.15, 0.2) is 11.6 Å². The van der Waals surface area contributed by atoms with Crippen molar-refractivity contribution in [2.75, 3.05) is 19.0 Å². The first kappa shape index (κ1) is 17.4. The number of amides is 2. The number of anilines is 1. The van der Waals surface area contributed by atoms with Crippen LogP contribution in [-0.4, -0.2) is 36.4 Å². The van der Waals surface area contributed by atoms with Gasteiger partial charge >= 0.3 is 0 Å². The smallest absolute Gasteiger partial charge is 0.264 e. The summed E-state index contributed by atoms with van der Waals surface area (Å²) in [6.07, 6.45) is 2.35. The molecular formula is C18H19FN2O3S. The maximum Gasteiger partial charge on any atom is 0.264 e. The highest BCUT2D eigenvalue weighted by atomic mass is 32.1. The number of nitrogens with one attached hydrogen (secondary N) is 1. The highest BCUT2D eigenvalue weighted by Crippen LogP contribution is 2.24. The van der Waals surface area contributed by atoms with E-state index in [2.05, 4.69) is 5.32 Å². The molecule has 1 aliphatic heterocycles. The number of nitrogens with zero attached hydrogens (tertiary/aromatic N) is 1. The molecule has 1 aromatic heterocycles. The maximum atomic E-state index is 13.8. The molecule has 1 N–H and O–H groups in total. The summed E-state index contributed by atoms with van der Waals surface area (Å²) < 4.78 is 18.7. The van der Waals surface area contributed by atoms with E-state index in [0.717, 1.165) is 12.8 Å². The maximum absolute atomic E-state index is 13.8. The zero-order chi connectivity index (χ0) is 17.8. The third-order valence-corrected chi connectivity index (χ3v) is 5.08. The van der Waals surface area contributed by atoms with Gasteiger partial charge < -0.3 is 15.0 Å². The SMILES string of the molecule is COc1ccc(NC(=O)C2CCCCN2C(=O)c2cccs2)cc1F. The average molecular weight is 362 g/mol. The number of thiophene rings is 1. The number of rotatable bonds is 4. The summed E-state index contributed by atoms with van der Waals surface area (Å²) in [7, 11) is 1.38. The predicted molar refractivity (Wildman–Crippen MR) is 94.6 cm³/mol. The fourth-order valence-corrected chi connectivity index (χ4v) is 3.64. The minimum Gasteiger partial charge on any atom is -0.494 e. The first-order valence-corrected chi connectivity index (χ1v) is 8.97. The first-order valence-electron chi connectivity index (χ1n) is 8.09. The normalized spacial score (nSPS) is 17.2. The Bertz CT molecular complexity index is 764. The fraction of sp³-hybridized carbons (Fsp3) is 0.333. The molecule has 1 unspecified atom stereocenters. The molecule has 3 rings (SSSR count). The van der Waals surface area contributed by atoms with Crippen molar-refractivity contribution in [2.45, 2.75) is 25.3 Å². The Hall–Kier alpha value is -2.41. The van der Waals surface area contributed by atoms with E-state index in [-0.39, 0.29) is 17.6 Å². The van der Waals surface area contributed by atoms with E-state index in [1.807, 2.05) is 11.4 Å². The molecule has 25 heavy (non-hydrogen) atoms. The van der Waals surface area contributed by atoms with Crippen LogP contribution in [0.4, 0.5) is 10.1 Å². The molecule has 5 nitrogen and oxygen atoms in total. The summed E-state index contributed by atoms with van der Waals surface area (Å²) in [6.45, 7) is 0.547. The van der Waals surface area contributed by atoms with Crippen molar-refractivity contribution in [1.29, 1.82) is 0 Å². The quantitative estimate of drug-likeness (QED) is 0.905. The number of piperidine rings is 1. The van der Waals surface area contributed by atoms with E-state index in [1.165, 1.54) is 30.6 Å². The van der Waals surface area contributed by atoms with Gasteiger partial charge in [0.1, 0.15) is 6.04 Å². The number of benzene rings is 1. The van der Waals surface area contributed by atoms with E-state index in [4.69, 9.17) is 4.74 Å². The Labute approximate surface area is 149 Å². The second-order valence-corrected chi connectivity index (χ2v) is 6.77. The van der Waals surface area contributed by atoms with E-state index in [9.17, 15) is 14.0 Å². The van der Waals surface area contributed by atoms with Gasteiger partial charge in [-0.2, -0.15) is 0 Å². The summed E-state index contributed by atoms with van der Waals surface area (Å²) in [5, 5.41) is 4.55. The molecule has 0 radical (unpaired) electrons. The molecular weight excluding hydrogens is 343 g/mol. The van der Waals surface area contributed by atoms with Crippen molar-refractivity contribution in [3.63, 3.8) is 0 Å². The second-order valence-electron chi connectivity index (χ2n) is 5.83. The molecule has 1 fully saturated rings. The van der Waals surface area contributed by atoms with Gasteiger partial charge in [-0.3, -0.25) is 9.59 Å². The van der Waals surface area contributed by atoms with Crippen molar-refractivity contribution in [1.82, 2.24) is 4.90 Å². The molecule has 1 aliphatic rings. The van der Waals surface area contributed by atoms with Gasteiger partial charge in [-0.1, -0.05) is 6.07 Å². The number of carbonyl (C=O) groups is 2. The van der Waals surface area contributed by atoms with Crippen LogP contribution in [0.1, 0.15) is 28.9 Å². The number of likely N-dealkylation sites (tertiary alicyclic amines) is 1. The van der Waals surface area contributed by atoms with Crippen LogP contribution in [0.15, 0.2) is 35.7 Å². The molecule has 1 atom stereocenters. The van der Waals surface area contributed by atoms with E-state index >= 15 is 0 Å². The van der Waals surface area contributed by atoms with Crippen LogP contribution in [0.25, 0.3) is 0 Å². The Morgan fingerprint density at radius 1 is 1.32 bits per heavy atom. The number of hydrogen-bond acceptors (Lipinski definition) is 4. The third kappa shape index (κ3) is 3.82. The van der Waals surface area contributed by atoms with Gasteiger partial charge in [0.05, 0.1) is 12.0 Å². The second kappa shape index (κ2) is 7.65.